The fraction of sp³-hybridized carbons (Fsp3) is 0.250. The maximum absolute atomic E-state index is 4.69. The molecule has 4 rings (SSSR count). The van der Waals surface area contributed by atoms with E-state index in [1.54, 1.807) is 0 Å². The number of rotatable bonds is 3. The molecule has 3 aromatic rings. The molecule has 0 bridgehead atoms. The molecule has 24 heavy (non-hydrogen) atoms. The minimum absolute atomic E-state index is 0.950. The number of hydrogen-bond acceptors (Lipinski definition) is 3. The van der Waals surface area contributed by atoms with E-state index >= 15 is 0 Å². The van der Waals surface area contributed by atoms with E-state index in [-0.39, 0.29) is 0 Å². The molecule has 0 amide bonds. The van der Waals surface area contributed by atoms with Crippen molar-refractivity contribution in [3.63, 3.8) is 0 Å². The smallest absolute Gasteiger partial charge is 0.110 e. The molecule has 2 heterocycles. The summed E-state index contributed by atoms with van der Waals surface area (Å²) in [6, 6.07) is 15.0. The Balaban J connectivity index is 1.86. The lowest BCUT2D eigenvalue weighted by molar-refractivity contribution is 0.617. The molecular weight excluding hydrogens is 296 g/mol. The Hall–Kier alpha value is -2.75. The van der Waals surface area contributed by atoms with Crippen molar-refractivity contribution in [2.45, 2.75) is 26.8 Å². The lowest BCUT2D eigenvalue weighted by Crippen LogP contribution is -2.20. The molecule has 0 radical (unpaired) electrons. The Morgan fingerprint density at radius 1 is 1.08 bits per heavy atom. The van der Waals surface area contributed by atoms with Crippen molar-refractivity contribution < 1.29 is 0 Å². The van der Waals surface area contributed by atoms with Gasteiger partial charge in [0.15, 0.2) is 0 Å². The van der Waals surface area contributed by atoms with E-state index in [4.69, 9.17) is 5.10 Å². The highest BCUT2D eigenvalue weighted by Crippen LogP contribution is 2.44. The Bertz CT molecular complexity index is 938. The first-order chi connectivity index (χ1) is 11.6. The van der Waals surface area contributed by atoms with Gasteiger partial charge in [0, 0.05) is 24.7 Å². The zero-order chi connectivity index (χ0) is 16.8. The van der Waals surface area contributed by atoms with Gasteiger partial charge in [0.2, 0.25) is 0 Å². The molecule has 0 fully saturated rings. The van der Waals surface area contributed by atoms with Crippen LogP contribution in [0.5, 0.6) is 0 Å². The molecule has 4 nitrogen and oxygen atoms in total. The standard InChI is InChI=1S/C20H22N4/c1-5-12-23-18-11-10-16(13-17(18)14(2)21-23)24-15(3)22(4)19-8-6-7-9-20(19)24/h6-11,13H,3,5,12H2,1-2,4H3. The summed E-state index contributed by atoms with van der Waals surface area (Å²) in [6.45, 7) is 9.49. The topological polar surface area (TPSA) is 24.3 Å². The second-order valence-corrected chi connectivity index (χ2v) is 6.31. The zero-order valence-corrected chi connectivity index (χ0v) is 14.5. The van der Waals surface area contributed by atoms with Crippen molar-refractivity contribution >= 4 is 28.0 Å². The van der Waals surface area contributed by atoms with Gasteiger partial charge < -0.3 is 4.90 Å². The van der Waals surface area contributed by atoms with Crippen LogP contribution in [0.4, 0.5) is 17.1 Å². The van der Waals surface area contributed by atoms with Gasteiger partial charge in [-0.15, -0.1) is 0 Å². The average molecular weight is 318 g/mol. The van der Waals surface area contributed by atoms with E-state index in [1.807, 2.05) is 0 Å². The molecule has 0 saturated carbocycles. The predicted octanol–water partition coefficient (Wildman–Crippen LogP) is 4.81. The Labute approximate surface area is 142 Å². The highest BCUT2D eigenvalue weighted by molar-refractivity contribution is 5.92. The number of para-hydroxylation sites is 2. The number of hydrogen-bond donors (Lipinski definition) is 0. The largest absolute Gasteiger partial charge is 0.329 e. The summed E-state index contributed by atoms with van der Waals surface area (Å²) in [5.74, 6) is 0.967. The van der Waals surface area contributed by atoms with E-state index in [0.29, 0.717) is 0 Å². The Morgan fingerprint density at radius 2 is 1.83 bits per heavy atom. The minimum Gasteiger partial charge on any atom is -0.329 e. The van der Waals surface area contributed by atoms with Crippen LogP contribution >= 0.6 is 0 Å². The molecule has 1 aliphatic heterocycles. The monoisotopic (exact) mass is 318 g/mol. The zero-order valence-electron chi connectivity index (χ0n) is 14.5. The van der Waals surface area contributed by atoms with Gasteiger partial charge in [0.1, 0.15) is 5.82 Å². The summed E-state index contributed by atoms with van der Waals surface area (Å²) < 4.78 is 2.10. The van der Waals surface area contributed by atoms with E-state index in [2.05, 4.69) is 84.4 Å². The fourth-order valence-electron chi connectivity index (χ4n) is 3.50. The van der Waals surface area contributed by atoms with Crippen molar-refractivity contribution in [2.75, 3.05) is 16.8 Å². The molecule has 0 unspecified atom stereocenters. The fourth-order valence-corrected chi connectivity index (χ4v) is 3.50. The second-order valence-electron chi connectivity index (χ2n) is 6.31. The molecule has 0 saturated heterocycles. The van der Waals surface area contributed by atoms with Gasteiger partial charge in [-0.05, 0) is 43.7 Å². The van der Waals surface area contributed by atoms with Gasteiger partial charge in [0.05, 0.1) is 22.6 Å². The van der Waals surface area contributed by atoms with E-state index in [9.17, 15) is 0 Å². The van der Waals surface area contributed by atoms with Crippen molar-refractivity contribution in [3.05, 3.63) is 60.6 Å². The van der Waals surface area contributed by atoms with E-state index < -0.39 is 0 Å². The summed E-state index contributed by atoms with van der Waals surface area (Å²) in [6.07, 6.45) is 1.08. The minimum atomic E-state index is 0.950. The SMILES string of the molecule is C=C1N(C)c2ccccc2N1c1ccc2c(c1)c(C)nn2CCC. The Kier molecular flexibility index (Phi) is 3.34. The van der Waals surface area contributed by atoms with Crippen molar-refractivity contribution in [2.24, 2.45) is 0 Å². The molecule has 4 heteroatoms. The van der Waals surface area contributed by atoms with Crippen LogP contribution in [0.15, 0.2) is 54.9 Å². The number of anilines is 3. The number of nitrogens with zero attached hydrogens (tertiary/aromatic N) is 4. The molecule has 122 valence electrons. The lowest BCUT2D eigenvalue weighted by Gasteiger charge is -2.22. The molecular formula is C20H22N4. The highest BCUT2D eigenvalue weighted by Gasteiger charge is 2.28. The van der Waals surface area contributed by atoms with Gasteiger partial charge in [-0.2, -0.15) is 5.10 Å². The maximum atomic E-state index is 4.69. The van der Waals surface area contributed by atoms with Crippen LogP contribution in [0.3, 0.4) is 0 Å². The van der Waals surface area contributed by atoms with E-state index in [1.165, 1.54) is 22.3 Å². The van der Waals surface area contributed by atoms with Crippen LogP contribution in [0.25, 0.3) is 10.9 Å². The van der Waals surface area contributed by atoms with Crippen molar-refractivity contribution in [1.82, 2.24) is 9.78 Å². The van der Waals surface area contributed by atoms with Gasteiger partial charge >= 0.3 is 0 Å². The van der Waals surface area contributed by atoms with Gasteiger partial charge in [-0.3, -0.25) is 9.58 Å². The first kappa shape index (κ1) is 14.8. The third-order valence-electron chi connectivity index (χ3n) is 4.74. The summed E-state index contributed by atoms with van der Waals surface area (Å²) in [7, 11) is 2.06. The second kappa shape index (κ2) is 5.41. The van der Waals surface area contributed by atoms with Gasteiger partial charge in [-0.1, -0.05) is 25.6 Å². The number of fused-ring (bicyclic) bond motifs is 2. The van der Waals surface area contributed by atoms with Crippen molar-refractivity contribution in [3.8, 4) is 0 Å². The predicted molar refractivity (Wildman–Crippen MR) is 101 cm³/mol. The molecule has 0 atom stereocenters. The molecule has 2 aromatic carbocycles. The lowest BCUT2D eigenvalue weighted by atomic mass is 10.1. The normalized spacial score (nSPS) is 13.9. The average Bonchev–Trinajstić information content (AvgIpc) is 3.03. The van der Waals surface area contributed by atoms with E-state index in [0.717, 1.165) is 30.2 Å². The summed E-state index contributed by atoms with van der Waals surface area (Å²) >= 11 is 0. The number of benzene rings is 2. The summed E-state index contributed by atoms with van der Waals surface area (Å²) in [5.41, 5.74) is 5.75. The van der Waals surface area contributed by atoms with Crippen LogP contribution < -0.4 is 9.80 Å². The first-order valence-electron chi connectivity index (χ1n) is 8.40. The third-order valence-corrected chi connectivity index (χ3v) is 4.74. The molecule has 1 aliphatic rings. The Morgan fingerprint density at radius 3 is 2.58 bits per heavy atom. The molecule has 0 N–H and O–H groups in total. The van der Waals surface area contributed by atoms with Crippen molar-refractivity contribution in [1.29, 1.82) is 0 Å². The first-order valence-corrected chi connectivity index (χ1v) is 8.40. The third kappa shape index (κ3) is 2.03. The van der Waals surface area contributed by atoms with Crippen LogP contribution in [0, 0.1) is 6.92 Å². The molecule has 1 aromatic heterocycles. The maximum Gasteiger partial charge on any atom is 0.110 e. The van der Waals surface area contributed by atoms with Gasteiger partial charge in [0.25, 0.3) is 0 Å². The quantitative estimate of drug-likeness (QED) is 0.692. The summed E-state index contributed by atoms with van der Waals surface area (Å²) in [5, 5.41) is 5.90. The number of aryl methyl sites for hydroxylation is 2. The number of aromatic nitrogens is 2. The van der Waals surface area contributed by atoms with Crippen LogP contribution in [0.2, 0.25) is 0 Å². The van der Waals surface area contributed by atoms with Crippen LogP contribution in [-0.2, 0) is 6.54 Å². The summed E-state index contributed by atoms with van der Waals surface area (Å²) in [4.78, 5) is 4.35. The molecule has 0 spiro atoms. The highest BCUT2D eigenvalue weighted by atomic mass is 15.4. The van der Waals surface area contributed by atoms with Crippen LogP contribution in [0.1, 0.15) is 19.0 Å². The molecule has 0 aliphatic carbocycles. The van der Waals surface area contributed by atoms with Gasteiger partial charge in [-0.25, -0.2) is 0 Å². The van der Waals surface area contributed by atoms with Crippen LogP contribution in [-0.4, -0.2) is 16.8 Å².